The molecule has 2 heterocycles. The zero-order valence-electron chi connectivity index (χ0n) is 14.1. The van der Waals surface area contributed by atoms with Gasteiger partial charge in [-0.3, -0.25) is 4.79 Å². The summed E-state index contributed by atoms with van der Waals surface area (Å²) in [5.41, 5.74) is 9.03. The number of amides is 1. The predicted octanol–water partition coefficient (Wildman–Crippen LogP) is 4.05. The molecule has 130 valence electrons. The molecule has 0 bridgehead atoms. The molecule has 0 unspecified atom stereocenters. The molecule has 0 aliphatic heterocycles. The Morgan fingerprint density at radius 1 is 1.24 bits per heavy atom. The molecule has 0 aliphatic rings. The average molecular weight is 355 g/mol. The van der Waals surface area contributed by atoms with E-state index >= 15 is 0 Å². The predicted molar refractivity (Wildman–Crippen MR) is 101 cm³/mol. The molecule has 0 fully saturated rings. The molecule has 0 radical (unpaired) electrons. The van der Waals surface area contributed by atoms with Crippen molar-refractivity contribution in [3.8, 4) is 10.6 Å². The molecule has 3 N–H and O–H groups in total. The molecule has 0 atom stereocenters. The van der Waals surface area contributed by atoms with Gasteiger partial charge in [-0.15, -0.1) is 11.3 Å². The Labute approximate surface area is 150 Å². The third-order valence-electron chi connectivity index (χ3n) is 4.04. The van der Waals surface area contributed by atoms with Gasteiger partial charge in [-0.2, -0.15) is 0 Å². The van der Waals surface area contributed by atoms with Gasteiger partial charge in [-0.1, -0.05) is 35.5 Å². The summed E-state index contributed by atoms with van der Waals surface area (Å²) in [6, 6.07) is 12.3. The summed E-state index contributed by atoms with van der Waals surface area (Å²) in [5, 5.41) is 8.85. The van der Waals surface area contributed by atoms with Crippen LogP contribution in [-0.4, -0.2) is 17.6 Å². The molecule has 0 aliphatic carbocycles. The van der Waals surface area contributed by atoms with Gasteiger partial charge in [0.05, 0.1) is 4.88 Å². The first kappa shape index (κ1) is 17.2. The Morgan fingerprint density at radius 2 is 2.04 bits per heavy atom. The molecule has 0 saturated heterocycles. The number of nitrogens with two attached hydrogens (primary N) is 1. The van der Waals surface area contributed by atoms with Crippen LogP contribution < -0.4 is 11.1 Å². The van der Waals surface area contributed by atoms with Gasteiger partial charge in [-0.25, -0.2) is 0 Å². The first-order valence-electron chi connectivity index (χ1n) is 8.28. The summed E-state index contributed by atoms with van der Waals surface area (Å²) in [4.78, 5) is 13.4. The maximum absolute atomic E-state index is 12.5. The number of hydrogen-bond donors (Lipinski definition) is 2. The van der Waals surface area contributed by atoms with E-state index in [1.54, 1.807) is 0 Å². The van der Waals surface area contributed by atoms with Crippen molar-refractivity contribution in [1.29, 1.82) is 0 Å². The number of thiophene rings is 1. The zero-order valence-corrected chi connectivity index (χ0v) is 14.9. The largest absolute Gasteiger partial charge is 0.367 e. The molecule has 0 spiro atoms. The van der Waals surface area contributed by atoms with E-state index in [1.807, 2.05) is 36.6 Å². The van der Waals surface area contributed by atoms with Crippen molar-refractivity contribution in [2.24, 2.45) is 0 Å². The number of carbonyl (C=O) groups is 1. The van der Waals surface area contributed by atoms with Crippen LogP contribution in [0.2, 0.25) is 0 Å². The normalized spacial score (nSPS) is 10.8. The van der Waals surface area contributed by atoms with Crippen molar-refractivity contribution < 1.29 is 9.32 Å². The number of aromatic nitrogens is 1. The standard InChI is InChI=1S/C19H21N3O2S/c1-13-10-12-25-17(13)16-15(18(20)24-22-16)19(23)21-11-6-5-9-14-7-3-2-4-8-14/h2-4,7-8,10,12H,5-6,9,11,20H2,1H3,(H,21,23). The van der Waals surface area contributed by atoms with Crippen LogP contribution in [0.15, 0.2) is 46.3 Å². The molecule has 6 heteroatoms. The molecule has 1 aromatic carbocycles. The smallest absolute Gasteiger partial charge is 0.259 e. The molecule has 0 saturated carbocycles. The van der Waals surface area contributed by atoms with Crippen LogP contribution in [0, 0.1) is 6.92 Å². The van der Waals surface area contributed by atoms with Gasteiger partial charge in [0.1, 0.15) is 11.3 Å². The number of hydrogen-bond acceptors (Lipinski definition) is 5. The lowest BCUT2D eigenvalue weighted by atomic mass is 10.1. The minimum absolute atomic E-state index is 0.0598. The first-order chi connectivity index (χ1) is 12.2. The van der Waals surface area contributed by atoms with Gasteiger partial charge in [0.25, 0.3) is 5.91 Å². The van der Waals surface area contributed by atoms with Crippen LogP contribution in [0.5, 0.6) is 0 Å². The maximum atomic E-state index is 12.5. The minimum Gasteiger partial charge on any atom is -0.367 e. The fourth-order valence-electron chi connectivity index (χ4n) is 2.68. The Bertz CT molecular complexity index is 839. The number of nitrogens with one attached hydrogen (secondary N) is 1. The maximum Gasteiger partial charge on any atom is 0.259 e. The number of carbonyl (C=O) groups excluding carboxylic acids is 1. The summed E-state index contributed by atoms with van der Waals surface area (Å²) in [6.45, 7) is 2.57. The lowest BCUT2D eigenvalue weighted by molar-refractivity contribution is 0.0954. The molecule has 3 rings (SSSR count). The third kappa shape index (κ3) is 4.09. The van der Waals surface area contributed by atoms with Gasteiger partial charge in [0.2, 0.25) is 5.88 Å². The van der Waals surface area contributed by atoms with E-state index in [2.05, 4.69) is 22.6 Å². The highest BCUT2D eigenvalue weighted by Gasteiger charge is 2.23. The summed E-state index contributed by atoms with van der Waals surface area (Å²) in [7, 11) is 0. The van der Waals surface area contributed by atoms with Crippen molar-refractivity contribution in [2.45, 2.75) is 26.2 Å². The van der Waals surface area contributed by atoms with Gasteiger partial charge in [0, 0.05) is 6.54 Å². The Morgan fingerprint density at radius 3 is 2.76 bits per heavy atom. The van der Waals surface area contributed by atoms with Gasteiger partial charge < -0.3 is 15.6 Å². The molecular weight excluding hydrogens is 334 g/mol. The Balaban J connectivity index is 1.55. The minimum atomic E-state index is -0.235. The second-order valence-corrected chi connectivity index (χ2v) is 6.82. The van der Waals surface area contributed by atoms with E-state index in [0.29, 0.717) is 17.8 Å². The van der Waals surface area contributed by atoms with E-state index in [4.69, 9.17) is 10.3 Å². The van der Waals surface area contributed by atoms with Gasteiger partial charge in [-0.05, 0) is 48.8 Å². The highest BCUT2D eigenvalue weighted by molar-refractivity contribution is 7.13. The fourth-order valence-corrected chi connectivity index (χ4v) is 3.59. The Kier molecular flexibility index (Phi) is 5.50. The summed E-state index contributed by atoms with van der Waals surface area (Å²) < 4.78 is 5.05. The fraction of sp³-hybridized carbons (Fsp3) is 0.263. The van der Waals surface area contributed by atoms with Crippen molar-refractivity contribution >= 4 is 23.1 Å². The van der Waals surface area contributed by atoms with Crippen LogP contribution in [0.4, 0.5) is 5.88 Å². The number of aryl methyl sites for hydroxylation is 2. The number of nitrogens with zero attached hydrogens (tertiary/aromatic N) is 1. The number of benzene rings is 1. The summed E-state index contributed by atoms with van der Waals surface area (Å²) in [5.74, 6) is -0.175. The summed E-state index contributed by atoms with van der Waals surface area (Å²) >= 11 is 1.52. The van der Waals surface area contributed by atoms with E-state index < -0.39 is 0 Å². The molecule has 1 amide bonds. The van der Waals surface area contributed by atoms with Crippen LogP contribution in [0.25, 0.3) is 10.6 Å². The quantitative estimate of drug-likeness (QED) is 0.627. The van der Waals surface area contributed by atoms with Gasteiger partial charge >= 0.3 is 0 Å². The van der Waals surface area contributed by atoms with Gasteiger partial charge in [0.15, 0.2) is 0 Å². The van der Waals surface area contributed by atoms with E-state index in [-0.39, 0.29) is 11.8 Å². The monoisotopic (exact) mass is 355 g/mol. The van der Waals surface area contributed by atoms with E-state index in [9.17, 15) is 4.79 Å². The number of unbranched alkanes of at least 4 members (excludes halogenated alkanes) is 1. The van der Waals surface area contributed by atoms with E-state index in [0.717, 1.165) is 29.7 Å². The molecule has 5 nitrogen and oxygen atoms in total. The number of nitrogen functional groups attached to an aromatic ring is 1. The topological polar surface area (TPSA) is 81.2 Å². The zero-order chi connectivity index (χ0) is 17.6. The lowest BCUT2D eigenvalue weighted by Crippen LogP contribution is -2.25. The van der Waals surface area contributed by atoms with Crippen molar-refractivity contribution in [1.82, 2.24) is 10.5 Å². The highest BCUT2D eigenvalue weighted by atomic mass is 32.1. The first-order valence-corrected chi connectivity index (χ1v) is 9.16. The van der Waals surface area contributed by atoms with Crippen LogP contribution >= 0.6 is 11.3 Å². The summed E-state index contributed by atoms with van der Waals surface area (Å²) in [6.07, 6.45) is 2.92. The Hall–Kier alpha value is -2.60. The molecular formula is C19H21N3O2S. The van der Waals surface area contributed by atoms with Crippen LogP contribution in [-0.2, 0) is 6.42 Å². The van der Waals surface area contributed by atoms with Crippen molar-refractivity contribution in [3.63, 3.8) is 0 Å². The van der Waals surface area contributed by atoms with Crippen molar-refractivity contribution in [3.05, 3.63) is 58.5 Å². The highest BCUT2D eigenvalue weighted by Crippen LogP contribution is 2.33. The molecule has 25 heavy (non-hydrogen) atoms. The SMILES string of the molecule is Cc1ccsc1-c1noc(N)c1C(=O)NCCCCc1ccccc1. The van der Waals surface area contributed by atoms with E-state index in [1.165, 1.54) is 16.9 Å². The second-order valence-electron chi connectivity index (χ2n) is 5.90. The molecule has 2 aromatic heterocycles. The average Bonchev–Trinajstić information content (AvgIpc) is 3.20. The third-order valence-corrected chi connectivity index (χ3v) is 5.07. The van der Waals surface area contributed by atoms with Crippen molar-refractivity contribution in [2.75, 3.05) is 12.3 Å². The van der Waals surface area contributed by atoms with Crippen LogP contribution in [0.3, 0.4) is 0 Å². The van der Waals surface area contributed by atoms with Crippen LogP contribution in [0.1, 0.15) is 34.3 Å². The molecule has 3 aromatic rings. The second kappa shape index (κ2) is 7.98. The number of rotatable bonds is 7. The number of anilines is 1. The lowest BCUT2D eigenvalue weighted by Gasteiger charge is -2.06.